The summed E-state index contributed by atoms with van der Waals surface area (Å²) in [6.07, 6.45) is 0.495. The van der Waals surface area contributed by atoms with Gasteiger partial charge in [-0.2, -0.15) is 13.2 Å². The smallest absolute Gasteiger partial charge is 0.366 e. The monoisotopic (exact) mass is 344 g/mol. The number of primary amides is 1. The molecule has 1 fully saturated rings. The average molecular weight is 344 g/mol. The highest BCUT2D eigenvalue weighted by molar-refractivity contribution is 6.02. The molecule has 0 aromatic carbocycles. The minimum absolute atomic E-state index is 0.0281. The van der Waals surface area contributed by atoms with Crippen LogP contribution in [0.1, 0.15) is 26.7 Å². The number of allylic oxidation sites excluding steroid dienone is 3. The van der Waals surface area contributed by atoms with E-state index in [0.29, 0.717) is 6.54 Å². The van der Waals surface area contributed by atoms with E-state index >= 15 is 0 Å². The van der Waals surface area contributed by atoms with Gasteiger partial charge in [0.25, 0.3) is 0 Å². The van der Waals surface area contributed by atoms with Crippen molar-refractivity contribution in [3.8, 4) is 0 Å². The Morgan fingerprint density at radius 1 is 1.46 bits per heavy atom. The van der Waals surface area contributed by atoms with Gasteiger partial charge in [-0.1, -0.05) is 32.1 Å². The van der Waals surface area contributed by atoms with Crippen molar-refractivity contribution in [3.63, 3.8) is 0 Å². The molecule has 3 N–H and O–H groups in total. The molecule has 4 atom stereocenters. The molecule has 24 heavy (non-hydrogen) atoms. The lowest BCUT2D eigenvalue weighted by Gasteiger charge is -2.42. The molecule has 0 radical (unpaired) electrons. The lowest BCUT2D eigenvalue weighted by atomic mass is 9.60. The highest BCUT2D eigenvalue weighted by atomic mass is 19.4. The van der Waals surface area contributed by atoms with Crippen molar-refractivity contribution in [3.05, 3.63) is 23.8 Å². The van der Waals surface area contributed by atoms with Crippen LogP contribution in [0.5, 0.6) is 0 Å². The van der Waals surface area contributed by atoms with Crippen molar-refractivity contribution in [1.29, 1.82) is 0 Å². The molecule has 0 bridgehead atoms. The fourth-order valence-electron chi connectivity index (χ4n) is 3.92. The van der Waals surface area contributed by atoms with E-state index in [1.54, 1.807) is 19.1 Å². The van der Waals surface area contributed by atoms with Crippen LogP contribution in [0.4, 0.5) is 13.2 Å². The molecule has 2 rings (SSSR count). The van der Waals surface area contributed by atoms with Gasteiger partial charge in [-0.05, 0) is 31.8 Å². The zero-order valence-electron chi connectivity index (χ0n) is 13.8. The van der Waals surface area contributed by atoms with Crippen molar-refractivity contribution in [2.45, 2.75) is 32.9 Å². The highest BCUT2D eigenvalue weighted by Crippen LogP contribution is 2.48. The zero-order valence-corrected chi connectivity index (χ0v) is 13.8. The van der Waals surface area contributed by atoms with Crippen LogP contribution < -0.4 is 11.1 Å². The predicted molar refractivity (Wildman–Crippen MR) is 83.8 cm³/mol. The summed E-state index contributed by atoms with van der Waals surface area (Å²) < 4.78 is 39.9. The van der Waals surface area contributed by atoms with Gasteiger partial charge in [0, 0.05) is 11.0 Å². The summed E-state index contributed by atoms with van der Waals surface area (Å²) in [7, 11) is 0. The van der Waals surface area contributed by atoms with Crippen molar-refractivity contribution in [1.82, 2.24) is 5.32 Å². The van der Waals surface area contributed by atoms with E-state index in [9.17, 15) is 22.8 Å². The van der Waals surface area contributed by atoms with Crippen LogP contribution in [0.25, 0.3) is 0 Å². The first-order valence-corrected chi connectivity index (χ1v) is 8.13. The first-order valence-electron chi connectivity index (χ1n) is 8.13. The Labute approximate surface area is 139 Å². The summed E-state index contributed by atoms with van der Waals surface area (Å²) in [5.74, 6) is -5.10. The van der Waals surface area contributed by atoms with E-state index in [-0.39, 0.29) is 17.9 Å². The topological polar surface area (TPSA) is 72.2 Å². The molecule has 134 valence electrons. The SMILES string of the molecule is CCC(C(=O)C1C(C(N)=O)=CC=CC1(C)C1CCNC1)C(F)(F)F. The van der Waals surface area contributed by atoms with E-state index < -0.39 is 35.1 Å². The molecule has 1 aliphatic carbocycles. The van der Waals surface area contributed by atoms with Gasteiger partial charge in [0.2, 0.25) is 5.91 Å². The fraction of sp³-hybridized carbons (Fsp3) is 0.647. The number of ketones is 1. The Morgan fingerprint density at radius 2 is 2.12 bits per heavy atom. The molecule has 0 saturated carbocycles. The Kier molecular flexibility index (Phi) is 5.22. The van der Waals surface area contributed by atoms with Gasteiger partial charge < -0.3 is 11.1 Å². The first kappa shape index (κ1) is 18.7. The molecule has 4 nitrogen and oxygen atoms in total. The van der Waals surface area contributed by atoms with Crippen molar-refractivity contribution in [2.24, 2.45) is 28.9 Å². The molecule has 2 aliphatic rings. The number of amides is 1. The van der Waals surface area contributed by atoms with Crippen molar-refractivity contribution < 1.29 is 22.8 Å². The second-order valence-electron chi connectivity index (χ2n) is 6.74. The number of hydrogen-bond acceptors (Lipinski definition) is 3. The number of nitrogens with one attached hydrogen (secondary N) is 1. The summed E-state index contributed by atoms with van der Waals surface area (Å²) >= 11 is 0. The normalized spacial score (nSPS) is 31.6. The fourth-order valence-corrected chi connectivity index (χ4v) is 3.92. The van der Waals surface area contributed by atoms with E-state index in [1.165, 1.54) is 13.0 Å². The average Bonchev–Trinajstić information content (AvgIpc) is 3.00. The van der Waals surface area contributed by atoms with Gasteiger partial charge in [-0.25, -0.2) is 0 Å². The number of carbonyl (C=O) groups is 2. The molecule has 0 spiro atoms. The molecule has 4 unspecified atom stereocenters. The Morgan fingerprint density at radius 3 is 2.58 bits per heavy atom. The molecule has 0 aromatic rings. The van der Waals surface area contributed by atoms with E-state index in [1.807, 2.05) is 0 Å². The van der Waals surface area contributed by atoms with Gasteiger partial charge in [0.05, 0.1) is 5.92 Å². The van der Waals surface area contributed by atoms with Gasteiger partial charge in [0.1, 0.15) is 5.92 Å². The molecule has 1 amide bonds. The van der Waals surface area contributed by atoms with E-state index in [0.717, 1.165) is 13.0 Å². The number of carbonyl (C=O) groups excluding carboxylic acids is 2. The Balaban J connectivity index is 2.49. The molecular formula is C17H23F3N2O2. The van der Waals surface area contributed by atoms with Gasteiger partial charge in [-0.15, -0.1) is 0 Å². The second-order valence-corrected chi connectivity index (χ2v) is 6.74. The van der Waals surface area contributed by atoms with Crippen molar-refractivity contribution >= 4 is 11.7 Å². The van der Waals surface area contributed by atoms with Crippen LogP contribution >= 0.6 is 0 Å². The van der Waals surface area contributed by atoms with Crippen LogP contribution in [0.3, 0.4) is 0 Å². The van der Waals surface area contributed by atoms with Crippen molar-refractivity contribution in [2.75, 3.05) is 13.1 Å². The maximum Gasteiger partial charge on any atom is 0.398 e. The lowest BCUT2D eigenvalue weighted by Crippen LogP contribution is -2.48. The summed E-state index contributed by atoms with van der Waals surface area (Å²) in [6.45, 7) is 4.42. The number of Topliss-reactive ketones (excluding diaryl/α,β-unsaturated/α-hetero) is 1. The molecule has 1 saturated heterocycles. The van der Waals surface area contributed by atoms with Crippen LogP contribution in [-0.2, 0) is 9.59 Å². The van der Waals surface area contributed by atoms with E-state index in [2.05, 4.69) is 5.32 Å². The lowest BCUT2D eigenvalue weighted by molar-refractivity contribution is -0.185. The number of alkyl halides is 3. The minimum Gasteiger partial charge on any atom is -0.366 e. The van der Waals surface area contributed by atoms with Gasteiger partial charge in [0.15, 0.2) is 5.78 Å². The number of rotatable bonds is 5. The molecule has 1 aliphatic heterocycles. The van der Waals surface area contributed by atoms with Crippen LogP contribution in [-0.4, -0.2) is 31.0 Å². The molecule has 0 aromatic heterocycles. The zero-order chi connectivity index (χ0) is 18.1. The predicted octanol–water partition coefficient (Wildman–Crippen LogP) is 2.36. The van der Waals surface area contributed by atoms with E-state index in [4.69, 9.17) is 5.73 Å². The molecule has 1 heterocycles. The van der Waals surface area contributed by atoms with Gasteiger partial charge >= 0.3 is 6.18 Å². The third kappa shape index (κ3) is 3.27. The maximum absolute atomic E-state index is 13.3. The van der Waals surface area contributed by atoms with Crippen LogP contribution in [0.15, 0.2) is 23.8 Å². The number of halogens is 3. The minimum atomic E-state index is -4.63. The Hall–Kier alpha value is -1.63. The second kappa shape index (κ2) is 6.70. The maximum atomic E-state index is 13.3. The molecular weight excluding hydrogens is 321 g/mol. The van der Waals surface area contributed by atoms with Crippen LogP contribution in [0.2, 0.25) is 0 Å². The summed E-state index contributed by atoms with van der Waals surface area (Å²) in [5, 5.41) is 3.17. The summed E-state index contributed by atoms with van der Waals surface area (Å²) in [6, 6.07) is 0. The standard InChI is InChI=1S/C17H23F3N2O2/c1-3-12(17(18,19)20)14(23)13-11(15(21)24)5-4-7-16(13,2)10-6-8-22-9-10/h4-5,7,10,12-13,22H,3,6,8-9H2,1-2H3,(H2,21,24). The number of hydrogen-bond donors (Lipinski definition) is 2. The first-order chi connectivity index (χ1) is 11.1. The Bertz CT molecular complexity index is 577. The highest BCUT2D eigenvalue weighted by Gasteiger charge is 2.54. The largest absolute Gasteiger partial charge is 0.398 e. The molecule has 7 heteroatoms. The van der Waals surface area contributed by atoms with Crippen LogP contribution in [0, 0.1) is 23.2 Å². The summed E-state index contributed by atoms with van der Waals surface area (Å²) in [4.78, 5) is 24.6. The third-order valence-electron chi connectivity index (χ3n) is 5.32. The number of nitrogens with two attached hydrogens (primary N) is 1. The summed E-state index contributed by atoms with van der Waals surface area (Å²) in [5.41, 5.74) is 4.48. The quantitative estimate of drug-likeness (QED) is 0.804. The van der Waals surface area contributed by atoms with Gasteiger partial charge in [-0.3, -0.25) is 9.59 Å². The third-order valence-corrected chi connectivity index (χ3v) is 5.32.